The van der Waals surface area contributed by atoms with Gasteiger partial charge in [-0.15, -0.1) is 0 Å². The van der Waals surface area contributed by atoms with Gasteiger partial charge in [0.15, 0.2) is 0 Å². The Morgan fingerprint density at radius 1 is 1.33 bits per heavy atom. The Morgan fingerprint density at radius 3 is 2.94 bits per heavy atom. The third kappa shape index (κ3) is 1.67. The fourth-order valence-corrected chi connectivity index (χ4v) is 2.06. The zero-order chi connectivity index (χ0) is 12.5. The molecule has 1 unspecified atom stereocenters. The molecule has 3 rings (SSSR count). The van der Waals surface area contributed by atoms with Crippen molar-refractivity contribution in [3.8, 4) is 5.75 Å². The number of rotatable bonds is 2. The third-order valence-corrected chi connectivity index (χ3v) is 2.93. The standard InChI is InChI=1S/C12H12N4O2/c1-18-7-2-3-9-8(6-7)11(15-12(17)14-9)10-4-5-13-16-10/h2-6,11H,1H3,(H,13,16)(H2,14,15,17). The van der Waals surface area contributed by atoms with Crippen LogP contribution in [0.15, 0.2) is 30.5 Å². The molecule has 1 aromatic carbocycles. The minimum atomic E-state index is -0.244. The van der Waals surface area contributed by atoms with Gasteiger partial charge in [-0.3, -0.25) is 5.10 Å². The van der Waals surface area contributed by atoms with Gasteiger partial charge in [0.05, 0.1) is 18.8 Å². The van der Waals surface area contributed by atoms with Crippen LogP contribution in [0.2, 0.25) is 0 Å². The number of anilines is 1. The highest BCUT2D eigenvalue weighted by Crippen LogP contribution is 2.33. The molecule has 2 heterocycles. The summed E-state index contributed by atoms with van der Waals surface area (Å²) in [6, 6.07) is 6.90. The molecule has 2 aromatic rings. The summed E-state index contributed by atoms with van der Waals surface area (Å²) in [6.07, 6.45) is 1.66. The number of carbonyl (C=O) groups is 1. The van der Waals surface area contributed by atoms with Crippen LogP contribution >= 0.6 is 0 Å². The lowest BCUT2D eigenvalue weighted by molar-refractivity contribution is 0.248. The van der Waals surface area contributed by atoms with Gasteiger partial charge in [-0.2, -0.15) is 5.10 Å². The summed E-state index contributed by atoms with van der Waals surface area (Å²) in [6.45, 7) is 0. The summed E-state index contributed by atoms with van der Waals surface area (Å²) in [4.78, 5) is 11.6. The molecule has 0 saturated carbocycles. The predicted molar refractivity (Wildman–Crippen MR) is 65.6 cm³/mol. The van der Waals surface area contributed by atoms with E-state index in [0.29, 0.717) is 0 Å². The molecule has 0 fully saturated rings. The van der Waals surface area contributed by atoms with Crippen LogP contribution in [0.25, 0.3) is 0 Å². The molecule has 6 nitrogen and oxygen atoms in total. The number of hydrogen-bond acceptors (Lipinski definition) is 3. The average molecular weight is 244 g/mol. The largest absolute Gasteiger partial charge is 0.497 e. The molecule has 18 heavy (non-hydrogen) atoms. The van der Waals surface area contributed by atoms with E-state index in [1.165, 1.54) is 0 Å². The Hall–Kier alpha value is -2.50. The predicted octanol–water partition coefficient (Wildman–Crippen LogP) is 1.64. The fourth-order valence-electron chi connectivity index (χ4n) is 2.06. The second-order valence-corrected chi connectivity index (χ2v) is 4.00. The Bertz CT molecular complexity index is 580. The van der Waals surface area contributed by atoms with E-state index < -0.39 is 0 Å². The molecule has 1 aliphatic rings. The molecule has 92 valence electrons. The van der Waals surface area contributed by atoms with Crippen molar-refractivity contribution >= 4 is 11.7 Å². The minimum Gasteiger partial charge on any atom is -0.497 e. The summed E-state index contributed by atoms with van der Waals surface area (Å²) in [5.41, 5.74) is 2.55. The molecule has 1 aliphatic heterocycles. The first-order valence-electron chi connectivity index (χ1n) is 5.52. The quantitative estimate of drug-likeness (QED) is 0.751. The molecule has 0 aliphatic carbocycles. The number of nitrogens with one attached hydrogen (secondary N) is 3. The van der Waals surface area contributed by atoms with Gasteiger partial charge >= 0.3 is 6.03 Å². The van der Waals surface area contributed by atoms with Crippen molar-refractivity contribution in [2.75, 3.05) is 12.4 Å². The number of nitrogens with zero attached hydrogens (tertiary/aromatic N) is 1. The Labute approximate surface area is 103 Å². The molecule has 0 radical (unpaired) electrons. The Morgan fingerprint density at radius 2 is 2.22 bits per heavy atom. The molecule has 1 aromatic heterocycles. The number of hydrogen-bond donors (Lipinski definition) is 3. The lowest BCUT2D eigenvalue weighted by Gasteiger charge is -2.26. The van der Waals surface area contributed by atoms with Crippen LogP contribution in [0.4, 0.5) is 10.5 Å². The van der Waals surface area contributed by atoms with Gasteiger partial charge in [-0.05, 0) is 24.3 Å². The molecular formula is C12H12N4O2. The van der Waals surface area contributed by atoms with Crippen LogP contribution in [-0.2, 0) is 0 Å². The SMILES string of the molecule is COc1ccc2c(c1)C(c1ccn[nH]1)NC(=O)N2. The summed E-state index contributed by atoms with van der Waals surface area (Å²) < 4.78 is 5.21. The van der Waals surface area contributed by atoms with Crippen LogP contribution in [-0.4, -0.2) is 23.3 Å². The zero-order valence-corrected chi connectivity index (χ0v) is 9.73. The van der Waals surface area contributed by atoms with Gasteiger partial charge in [0.1, 0.15) is 5.75 Å². The number of methoxy groups -OCH3 is 1. The summed E-state index contributed by atoms with van der Waals surface area (Å²) >= 11 is 0. The maximum absolute atomic E-state index is 11.6. The summed E-state index contributed by atoms with van der Waals surface area (Å²) in [7, 11) is 1.61. The highest BCUT2D eigenvalue weighted by atomic mass is 16.5. The number of benzene rings is 1. The van der Waals surface area contributed by atoms with E-state index in [0.717, 1.165) is 22.7 Å². The lowest BCUT2D eigenvalue weighted by Crippen LogP contribution is -2.38. The smallest absolute Gasteiger partial charge is 0.320 e. The summed E-state index contributed by atoms with van der Waals surface area (Å²) in [5.74, 6) is 0.746. The third-order valence-electron chi connectivity index (χ3n) is 2.93. The number of aromatic amines is 1. The van der Waals surface area contributed by atoms with Crippen molar-refractivity contribution in [2.45, 2.75) is 6.04 Å². The first-order chi connectivity index (χ1) is 8.78. The zero-order valence-electron chi connectivity index (χ0n) is 9.73. The summed E-state index contributed by atoms with van der Waals surface area (Å²) in [5, 5.41) is 12.4. The molecule has 0 saturated heterocycles. The number of urea groups is 1. The number of aromatic nitrogens is 2. The van der Waals surface area contributed by atoms with Crippen LogP contribution in [0.1, 0.15) is 17.3 Å². The van der Waals surface area contributed by atoms with Gasteiger partial charge in [0, 0.05) is 17.4 Å². The van der Waals surface area contributed by atoms with E-state index in [2.05, 4.69) is 20.8 Å². The topological polar surface area (TPSA) is 79.0 Å². The maximum Gasteiger partial charge on any atom is 0.320 e. The van der Waals surface area contributed by atoms with Crippen LogP contribution in [0, 0.1) is 0 Å². The molecule has 1 atom stereocenters. The van der Waals surface area contributed by atoms with Crippen molar-refractivity contribution < 1.29 is 9.53 Å². The average Bonchev–Trinajstić information content (AvgIpc) is 2.91. The highest BCUT2D eigenvalue weighted by Gasteiger charge is 2.26. The van der Waals surface area contributed by atoms with Crippen molar-refractivity contribution in [1.82, 2.24) is 15.5 Å². The monoisotopic (exact) mass is 244 g/mol. The molecular weight excluding hydrogens is 232 g/mol. The van der Waals surface area contributed by atoms with E-state index in [9.17, 15) is 4.79 Å². The van der Waals surface area contributed by atoms with Gasteiger partial charge < -0.3 is 15.4 Å². The highest BCUT2D eigenvalue weighted by molar-refractivity contribution is 5.93. The number of ether oxygens (including phenoxy) is 1. The fraction of sp³-hybridized carbons (Fsp3) is 0.167. The second-order valence-electron chi connectivity index (χ2n) is 4.00. The number of amides is 2. The van der Waals surface area contributed by atoms with Gasteiger partial charge in [-0.1, -0.05) is 0 Å². The molecule has 0 bridgehead atoms. The lowest BCUT2D eigenvalue weighted by atomic mass is 9.99. The molecule has 0 spiro atoms. The first kappa shape index (κ1) is 10.6. The van der Waals surface area contributed by atoms with Crippen molar-refractivity contribution in [1.29, 1.82) is 0 Å². The Balaban J connectivity index is 2.10. The van der Waals surface area contributed by atoms with Crippen molar-refractivity contribution in [3.05, 3.63) is 41.7 Å². The van der Waals surface area contributed by atoms with E-state index >= 15 is 0 Å². The number of carbonyl (C=O) groups excluding carboxylic acids is 1. The maximum atomic E-state index is 11.6. The van der Waals surface area contributed by atoms with Gasteiger partial charge in [0.25, 0.3) is 0 Å². The molecule has 6 heteroatoms. The molecule has 2 amide bonds. The van der Waals surface area contributed by atoms with E-state index in [1.807, 2.05) is 24.3 Å². The second kappa shape index (κ2) is 4.06. The van der Waals surface area contributed by atoms with E-state index in [4.69, 9.17) is 4.74 Å². The van der Waals surface area contributed by atoms with Crippen LogP contribution in [0.5, 0.6) is 5.75 Å². The number of fused-ring (bicyclic) bond motifs is 1. The van der Waals surface area contributed by atoms with Gasteiger partial charge in [0.2, 0.25) is 0 Å². The van der Waals surface area contributed by atoms with Crippen LogP contribution in [0.3, 0.4) is 0 Å². The normalized spacial score (nSPS) is 17.6. The van der Waals surface area contributed by atoms with Crippen molar-refractivity contribution in [3.63, 3.8) is 0 Å². The van der Waals surface area contributed by atoms with Gasteiger partial charge in [-0.25, -0.2) is 4.79 Å². The van der Waals surface area contributed by atoms with E-state index in [-0.39, 0.29) is 12.1 Å². The van der Waals surface area contributed by atoms with Crippen LogP contribution < -0.4 is 15.4 Å². The minimum absolute atomic E-state index is 0.229. The van der Waals surface area contributed by atoms with E-state index in [1.54, 1.807) is 13.3 Å². The van der Waals surface area contributed by atoms with Crippen molar-refractivity contribution in [2.24, 2.45) is 0 Å². The number of H-pyrrole nitrogens is 1. The molecule has 3 N–H and O–H groups in total. The first-order valence-corrected chi connectivity index (χ1v) is 5.52. The Kier molecular flexibility index (Phi) is 2.40.